The van der Waals surface area contributed by atoms with Gasteiger partial charge in [0, 0.05) is 10.8 Å². The molecule has 0 heterocycles. The minimum atomic E-state index is -0.772. The third-order valence-corrected chi connectivity index (χ3v) is 2.93. The van der Waals surface area contributed by atoms with Crippen molar-refractivity contribution in [1.29, 1.82) is 0 Å². The number of carboxylic acids is 1. The highest BCUT2D eigenvalue weighted by atomic mass is 16.5. The normalized spacial score (nSPS) is 15.8. The Morgan fingerprint density at radius 2 is 1.88 bits per heavy atom. The molecule has 96 valence electrons. The number of nitrogens with two attached hydrogens (primary N) is 1. The van der Waals surface area contributed by atoms with Gasteiger partial charge in [-0.05, 0) is 13.0 Å². The molecule has 0 aliphatic carbocycles. The molecule has 0 bridgehead atoms. The molecule has 3 N–H and O–H groups in total. The molecule has 0 aliphatic heterocycles. The lowest BCUT2D eigenvalue weighted by atomic mass is 9.85. The molecule has 4 nitrogen and oxygen atoms in total. The molecule has 0 aromatic rings. The summed E-state index contributed by atoms with van der Waals surface area (Å²) in [6.45, 7) is 9.60. The number of hydrogen-bond donors (Lipinski definition) is 2. The quantitative estimate of drug-likeness (QED) is 0.669. The van der Waals surface area contributed by atoms with Crippen LogP contribution in [0.1, 0.15) is 40.5 Å². The average molecular weight is 231 g/mol. The molecule has 0 saturated carbocycles. The van der Waals surface area contributed by atoms with Crippen LogP contribution in [0.5, 0.6) is 0 Å². The summed E-state index contributed by atoms with van der Waals surface area (Å²) in [5.41, 5.74) is 5.27. The highest BCUT2D eigenvalue weighted by molar-refractivity contribution is 5.67. The maximum atomic E-state index is 10.7. The van der Waals surface area contributed by atoms with Crippen LogP contribution in [0.15, 0.2) is 0 Å². The Labute approximate surface area is 98.2 Å². The van der Waals surface area contributed by atoms with Crippen LogP contribution < -0.4 is 5.73 Å². The van der Waals surface area contributed by atoms with Crippen LogP contribution in [-0.2, 0) is 9.53 Å². The Balaban J connectivity index is 4.10. The van der Waals surface area contributed by atoms with Gasteiger partial charge < -0.3 is 15.6 Å². The number of carbonyl (C=O) groups is 1. The van der Waals surface area contributed by atoms with E-state index in [0.717, 1.165) is 6.42 Å². The Bertz CT molecular complexity index is 228. The molecule has 16 heavy (non-hydrogen) atoms. The van der Waals surface area contributed by atoms with Crippen LogP contribution in [0.3, 0.4) is 0 Å². The van der Waals surface area contributed by atoms with Gasteiger partial charge in [0.2, 0.25) is 0 Å². The molecule has 0 amide bonds. The second kappa shape index (κ2) is 6.21. The number of rotatable bonds is 8. The summed E-state index contributed by atoms with van der Waals surface area (Å²) in [7, 11) is 0. The fourth-order valence-corrected chi connectivity index (χ4v) is 1.28. The second-order valence-corrected chi connectivity index (χ2v) is 5.60. The molecule has 4 heteroatoms. The Hall–Kier alpha value is -0.610. The lowest BCUT2D eigenvalue weighted by molar-refractivity contribution is -0.141. The predicted molar refractivity (Wildman–Crippen MR) is 64.3 cm³/mol. The van der Waals surface area contributed by atoms with Crippen LogP contribution in [0.4, 0.5) is 0 Å². The summed E-state index contributed by atoms with van der Waals surface area (Å²) < 4.78 is 5.60. The van der Waals surface area contributed by atoms with E-state index in [1.54, 1.807) is 0 Å². The molecule has 0 aromatic heterocycles. The fourth-order valence-electron chi connectivity index (χ4n) is 1.28. The molecule has 0 saturated heterocycles. The van der Waals surface area contributed by atoms with E-state index in [9.17, 15) is 4.79 Å². The molecule has 0 spiro atoms. The summed E-state index contributed by atoms with van der Waals surface area (Å²) >= 11 is 0. The predicted octanol–water partition coefficient (Wildman–Crippen LogP) is 1.88. The van der Waals surface area contributed by atoms with Crippen molar-refractivity contribution in [3.8, 4) is 0 Å². The van der Waals surface area contributed by atoms with Gasteiger partial charge in [-0.25, -0.2) is 0 Å². The number of ether oxygens (including phenoxy) is 1. The van der Waals surface area contributed by atoms with Crippen LogP contribution in [-0.4, -0.2) is 30.8 Å². The van der Waals surface area contributed by atoms with Crippen molar-refractivity contribution in [3.05, 3.63) is 0 Å². The first-order valence-electron chi connectivity index (χ1n) is 5.74. The van der Waals surface area contributed by atoms with Crippen LogP contribution in [0, 0.1) is 10.8 Å². The zero-order chi connectivity index (χ0) is 12.8. The summed E-state index contributed by atoms with van der Waals surface area (Å²) in [6.07, 6.45) is 0.939. The molecular weight excluding hydrogens is 206 g/mol. The smallest absolute Gasteiger partial charge is 0.303 e. The molecule has 0 aromatic carbocycles. The average Bonchev–Trinajstić information content (AvgIpc) is 2.16. The monoisotopic (exact) mass is 231 g/mol. The van der Waals surface area contributed by atoms with Gasteiger partial charge in [-0.1, -0.05) is 27.7 Å². The van der Waals surface area contributed by atoms with Crippen molar-refractivity contribution in [1.82, 2.24) is 0 Å². The van der Waals surface area contributed by atoms with Gasteiger partial charge in [0.25, 0.3) is 0 Å². The minimum Gasteiger partial charge on any atom is -0.481 e. The standard InChI is InChI=1S/C12H25NO3/c1-5-12(4,6-10(14)15)9-16-8-11(2,3)7-13/h5-9,13H2,1-4H3,(H,14,15). The van der Waals surface area contributed by atoms with Gasteiger partial charge in [-0.15, -0.1) is 0 Å². The van der Waals surface area contributed by atoms with E-state index >= 15 is 0 Å². The van der Waals surface area contributed by atoms with Gasteiger partial charge in [-0.2, -0.15) is 0 Å². The number of aliphatic carboxylic acids is 1. The van der Waals surface area contributed by atoms with Crippen LogP contribution in [0.2, 0.25) is 0 Å². The SMILES string of the molecule is CCC(C)(COCC(C)(C)CN)CC(=O)O. The molecular formula is C12H25NO3. The second-order valence-electron chi connectivity index (χ2n) is 5.60. The summed E-state index contributed by atoms with van der Waals surface area (Å²) in [5, 5.41) is 8.81. The van der Waals surface area contributed by atoms with E-state index in [2.05, 4.69) is 0 Å². The number of carboxylic acid groups (broad SMARTS) is 1. The molecule has 0 radical (unpaired) electrons. The van der Waals surface area contributed by atoms with E-state index in [1.165, 1.54) is 0 Å². The van der Waals surface area contributed by atoms with Gasteiger partial charge in [-0.3, -0.25) is 4.79 Å². The zero-order valence-corrected chi connectivity index (χ0v) is 10.9. The minimum absolute atomic E-state index is 0.0438. The Morgan fingerprint density at radius 1 is 1.31 bits per heavy atom. The maximum Gasteiger partial charge on any atom is 0.303 e. The molecule has 0 aliphatic rings. The third-order valence-electron chi connectivity index (χ3n) is 2.93. The van der Waals surface area contributed by atoms with E-state index in [0.29, 0.717) is 19.8 Å². The van der Waals surface area contributed by atoms with Crippen molar-refractivity contribution in [2.24, 2.45) is 16.6 Å². The van der Waals surface area contributed by atoms with Crippen molar-refractivity contribution < 1.29 is 14.6 Å². The van der Waals surface area contributed by atoms with Crippen molar-refractivity contribution in [3.63, 3.8) is 0 Å². The molecule has 1 atom stereocenters. The van der Waals surface area contributed by atoms with Crippen molar-refractivity contribution in [2.45, 2.75) is 40.5 Å². The van der Waals surface area contributed by atoms with Crippen LogP contribution >= 0.6 is 0 Å². The third kappa shape index (κ3) is 6.08. The maximum absolute atomic E-state index is 10.7. The highest BCUT2D eigenvalue weighted by Crippen LogP contribution is 2.27. The first-order valence-corrected chi connectivity index (χ1v) is 5.74. The molecule has 0 fully saturated rings. The van der Waals surface area contributed by atoms with E-state index in [4.69, 9.17) is 15.6 Å². The van der Waals surface area contributed by atoms with Crippen molar-refractivity contribution >= 4 is 5.97 Å². The molecule has 0 rings (SSSR count). The summed E-state index contributed by atoms with van der Waals surface area (Å²) in [5.74, 6) is -0.772. The summed E-state index contributed by atoms with van der Waals surface area (Å²) in [6, 6.07) is 0. The van der Waals surface area contributed by atoms with Gasteiger partial charge >= 0.3 is 5.97 Å². The highest BCUT2D eigenvalue weighted by Gasteiger charge is 2.27. The van der Waals surface area contributed by atoms with Gasteiger partial charge in [0.15, 0.2) is 0 Å². The van der Waals surface area contributed by atoms with E-state index in [1.807, 2.05) is 27.7 Å². The Kier molecular flexibility index (Phi) is 5.97. The lowest BCUT2D eigenvalue weighted by Gasteiger charge is -2.29. The first kappa shape index (κ1) is 15.4. The number of hydrogen-bond acceptors (Lipinski definition) is 3. The topological polar surface area (TPSA) is 72.5 Å². The first-order chi connectivity index (χ1) is 7.24. The van der Waals surface area contributed by atoms with E-state index < -0.39 is 5.97 Å². The van der Waals surface area contributed by atoms with Crippen molar-refractivity contribution in [2.75, 3.05) is 19.8 Å². The van der Waals surface area contributed by atoms with E-state index in [-0.39, 0.29) is 17.3 Å². The van der Waals surface area contributed by atoms with Gasteiger partial charge in [0.1, 0.15) is 0 Å². The zero-order valence-electron chi connectivity index (χ0n) is 10.9. The Morgan fingerprint density at radius 3 is 2.25 bits per heavy atom. The lowest BCUT2D eigenvalue weighted by Crippen LogP contribution is -2.32. The fraction of sp³-hybridized carbons (Fsp3) is 0.917. The largest absolute Gasteiger partial charge is 0.481 e. The van der Waals surface area contributed by atoms with Gasteiger partial charge in [0.05, 0.1) is 19.6 Å². The molecule has 1 unspecified atom stereocenters. The summed E-state index contributed by atoms with van der Waals surface area (Å²) in [4.78, 5) is 10.7. The van der Waals surface area contributed by atoms with Crippen LogP contribution in [0.25, 0.3) is 0 Å².